The molecule has 1 aliphatic carbocycles. The number of carbonyl (C=O) groups excluding carboxylic acids is 6. The van der Waals surface area contributed by atoms with E-state index in [-0.39, 0.29) is 24.9 Å². The highest BCUT2D eigenvalue weighted by molar-refractivity contribution is 5.98. The van der Waals surface area contributed by atoms with Crippen molar-refractivity contribution in [1.29, 1.82) is 0 Å². The average Bonchev–Trinajstić information content (AvgIpc) is 3.76. The van der Waals surface area contributed by atoms with Gasteiger partial charge >= 0.3 is 18.1 Å². The van der Waals surface area contributed by atoms with E-state index in [1.807, 2.05) is 39.0 Å². The predicted molar refractivity (Wildman–Crippen MR) is 206 cm³/mol. The fourth-order valence-corrected chi connectivity index (χ4v) is 7.16. The monoisotopic (exact) mass is 758 g/mol. The van der Waals surface area contributed by atoms with Crippen molar-refractivity contribution in [3.8, 4) is 0 Å². The number of amides is 5. The Bertz CT molecular complexity index is 1960. The number of likely N-dealkylation sites (tertiary alicyclic amines) is 1. The number of aryl methyl sites for hydroxylation is 1. The van der Waals surface area contributed by atoms with Gasteiger partial charge in [0.05, 0.1) is 30.3 Å². The molecular formula is C41H54N6O8. The van der Waals surface area contributed by atoms with Gasteiger partial charge in [0, 0.05) is 25.2 Å². The summed E-state index contributed by atoms with van der Waals surface area (Å²) in [6.07, 6.45) is 3.58. The number of carbonyl (C=O) groups is 6. The van der Waals surface area contributed by atoms with Gasteiger partial charge in [0.25, 0.3) is 0 Å². The Balaban J connectivity index is 1.40. The number of rotatable bonds is 8. The molecule has 1 fully saturated rings. The Kier molecular flexibility index (Phi) is 12.0. The van der Waals surface area contributed by atoms with E-state index in [0.29, 0.717) is 16.5 Å². The average molecular weight is 759 g/mol. The number of nitrogens with zero attached hydrogens (tertiary/aromatic N) is 3. The van der Waals surface area contributed by atoms with Crippen molar-refractivity contribution >= 4 is 46.7 Å². The van der Waals surface area contributed by atoms with Gasteiger partial charge in [0.15, 0.2) is 0 Å². The minimum atomic E-state index is -1.09. The summed E-state index contributed by atoms with van der Waals surface area (Å²) in [4.78, 5) is 83.8. The fraction of sp³-hybridized carbons (Fsp3) is 0.512. The predicted octanol–water partition coefficient (Wildman–Crippen LogP) is 4.94. The van der Waals surface area contributed by atoms with Gasteiger partial charge in [-0.3, -0.25) is 23.9 Å². The number of likely N-dealkylation sites (N-methyl/N-ethyl adjacent to an activating group) is 1. The second kappa shape index (κ2) is 16.1. The molecule has 14 nitrogen and oxygen atoms in total. The van der Waals surface area contributed by atoms with Crippen molar-refractivity contribution < 1.29 is 38.2 Å². The van der Waals surface area contributed by atoms with Crippen molar-refractivity contribution in [3.05, 3.63) is 71.4 Å². The number of hydrogen-bond acceptors (Lipinski definition) is 8. The number of fused-ring (bicyclic) bond motifs is 2. The van der Waals surface area contributed by atoms with Crippen LogP contribution in [0.25, 0.3) is 10.9 Å². The van der Waals surface area contributed by atoms with E-state index >= 15 is 0 Å². The molecule has 296 valence electrons. The molecule has 0 radical (unpaired) electrons. The summed E-state index contributed by atoms with van der Waals surface area (Å²) in [7, 11) is 2.75. The van der Waals surface area contributed by atoms with Gasteiger partial charge < -0.3 is 30.3 Å². The second-order valence-corrected chi connectivity index (χ2v) is 16.6. The molecule has 1 aromatic heterocycles. The Morgan fingerprint density at radius 2 is 1.65 bits per heavy atom. The molecule has 5 atom stereocenters. The lowest BCUT2D eigenvalue weighted by molar-refractivity contribution is -0.144. The molecule has 2 aromatic carbocycles. The fourth-order valence-electron chi connectivity index (χ4n) is 7.16. The van der Waals surface area contributed by atoms with Gasteiger partial charge in [-0.05, 0) is 94.2 Å². The van der Waals surface area contributed by atoms with E-state index in [9.17, 15) is 28.8 Å². The van der Waals surface area contributed by atoms with Crippen LogP contribution in [0.15, 0.2) is 54.7 Å². The van der Waals surface area contributed by atoms with Crippen LogP contribution < -0.4 is 16.0 Å². The first-order valence-corrected chi connectivity index (χ1v) is 18.7. The van der Waals surface area contributed by atoms with Crippen LogP contribution in [-0.2, 0) is 30.3 Å². The van der Waals surface area contributed by atoms with Crippen LogP contribution in [-0.4, -0.2) is 101 Å². The minimum absolute atomic E-state index is 0.00538. The van der Waals surface area contributed by atoms with E-state index in [4.69, 9.17) is 9.47 Å². The van der Waals surface area contributed by atoms with E-state index in [0.717, 1.165) is 24.8 Å². The van der Waals surface area contributed by atoms with Crippen LogP contribution in [0, 0.1) is 5.41 Å². The number of esters is 1. The molecule has 0 saturated carbocycles. The first kappa shape index (κ1) is 40.8. The van der Waals surface area contributed by atoms with E-state index in [1.54, 1.807) is 58.2 Å². The third-order valence-corrected chi connectivity index (χ3v) is 10.3. The Hall–Kier alpha value is -5.40. The number of methoxy groups -OCH3 is 1. The molecule has 1 saturated heterocycles. The van der Waals surface area contributed by atoms with Gasteiger partial charge in [0.2, 0.25) is 17.7 Å². The molecule has 55 heavy (non-hydrogen) atoms. The number of hydrogen-bond donors (Lipinski definition) is 3. The molecule has 2 unspecified atom stereocenters. The van der Waals surface area contributed by atoms with E-state index in [1.165, 1.54) is 34.1 Å². The summed E-state index contributed by atoms with van der Waals surface area (Å²) in [5.41, 5.74) is 1.53. The molecule has 0 bridgehead atoms. The minimum Gasteiger partial charge on any atom is -0.465 e. The topological polar surface area (TPSA) is 168 Å². The number of ether oxygens (including phenoxy) is 2. The third-order valence-electron chi connectivity index (χ3n) is 10.3. The van der Waals surface area contributed by atoms with Gasteiger partial charge in [0.1, 0.15) is 23.7 Å². The first-order valence-electron chi connectivity index (χ1n) is 18.7. The number of nitrogens with one attached hydrogen (secondary N) is 3. The van der Waals surface area contributed by atoms with Crippen molar-refractivity contribution in [2.24, 2.45) is 5.41 Å². The zero-order valence-corrected chi connectivity index (χ0v) is 33.2. The summed E-state index contributed by atoms with van der Waals surface area (Å²) >= 11 is 0. The Labute approximate surface area is 322 Å². The van der Waals surface area contributed by atoms with Crippen LogP contribution >= 0.6 is 0 Å². The first-order chi connectivity index (χ1) is 25.8. The SMILES string of the molecule is COC(=O)c1ccc2c(ccn2C(=O)N[C@H]2C[C@@H](C(=O)N[C@@H]3CCCc4ccccc43)N(C(=O)C(NC(=O)C(C)N(C)C(=O)OC(C)(C)C)C(C)(C)C)C2)c1. The van der Waals surface area contributed by atoms with Crippen LogP contribution in [0.2, 0.25) is 0 Å². The maximum atomic E-state index is 14.7. The lowest BCUT2D eigenvalue weighted by Gasteiger charge is -2.37. The molecular weight excluding hydrogens is 704 g/mol. The van der Waals surface area contributed by atoms with Crippen LogP contribution in [0.1, 0.15) is 95.3 Å². The highest BCUT2D eigenvalue weighted by Crippen LogP contribution is 2.32. The largest absolute Gasteiger partial charge is 0.465 e. The van der Waals surface area contributed by atoms with Crippen molar-refractivity contribution in [2.45, 2.75) is 110 Å². The van der Waals surface area contributed by atoms with Gasteiger partial charge in [-0.1, -0.05) is 45.0 Å². The second-order valence-electron chi connectivity index (χ2n) is 16.6. The van der Waals surface area contributed by atoms with Gasteiger partial charge in [-0.25, -0.2) is 14.4 Å². The lowest BCUT2D eigenvalue weighted by atomic mass is 9.85. The molecule has 5 rings (SSSR count). The maximum absolute atomic E-state index is 14.7. The molecule has 1 aliphatic heterocycles. The Morgan fingerprint density at radius 3 is 2.33 bits per heavy atom. The standard InChI is InChI=1S/C41H54N6O8/c1-24(45(8)39(53)55-41(5,6)7)34(48)44-33(40(2,3)4)36(50)47-23-28(22-32(47)35(49)43-30-16-12-14-25-13-10-11-15-29(25)30)42-38(52)46-20-19-26-21-27(37(51)54-9)17-18-31(26)46/h10-11,13,15,17-21,24,28,30,32-33H,12,14,16,22-23H2,1-9H3,(H,42,52)(H,43,49)(H,44,48)/t24?,28-,30+,32-,33?/m0/s1. The summed E-state index contributed by atoms with van der Waals surface area (Å²) in [6, 6.07) is 10.2. The van der Waals surface area contributed by atoms with Crippen LogP contribution in [0.3, 0.4) is 0 Å². The van der Waals surface area contributed by atoms with E-state index < -0.39 is 65.1 Å². The van der Waals surface area contributed by atoms with Crippen molar-refractivity contribution in [3.63, 3.8) is 0 Å². The molecule has 3 N–H and O–H groups in total. The summed E-state index contributed by atoms with van der Waals surface area (Å²) in [5.74, 6) is -1.91. The highest BCUT2D eigenvalue weighted by Gasteiger charge is 2.46. The summed E-state index contributed by atoms with van der Waals surface area (Å²) in [6.45, 7) is 12.2. The molecule has 0 spiro atoms. The van der Waals surface area contributed by atoms with Crippen LogP contribution in [0.5, 0.6) is 0 Å². The summed E-state index contributed by atoms with van der Waals surface area (Å²) in [5, 5.41) is 9.72. The third kappa shape index (κ3) is 9.29. The maximum Gasteiger partial charge on any atom is 0.410 e. The molecule has 5 amide bonds. The molecule has 2 aliphatic rings. The van der Waals surface area contributed by atoms with Crippen molar-refractivity contribution in [2.75, 3.05) is 20.7 Å². The van der Waals surface area contributed by atoms with E-state index in [2.05, 4.69) is 22.0 Å². The quantitative estimate of drug-likeness (QED) is 0.272. The van der Waals surface area contributed by atoms with Gasteiger partial charge in [-0.2, -0.15) is 0 Å². The smallest absolute Gasteiger partial charge is 0.410 e. The zero-order valence-electron chi connectivity index (χ0n) is 33.2. The normalized spacial score (nSPS) is 19.4. The number of aromatic nitrogens is 1. The molecule has 2 heterocycles. The summed E-state index contributed by atoms with van der Waals surface area (Å²) < 4.78 is 11.7. The van der Waals surface area contributed by atoms with Crippen molar-refractivity contribution in [1.82, 2.24) is 30.3 Å². The zero-order chi connectivity index (χ0) is 40.4. The Morgan fingerprint density at radius 1 is 0.945 bits per heavy atom. The lowest BCUT2D eigenvalue weighted by Crippen LogP contribution is -2.60. The van der Waals surface area contributed by atoms with Crippen LogP contribution in [0.4, 0.5) is 9.59 Å². The highest BCUT2D eigenvalue weighted by atomic mass is 16.6. The molecule has 3 aromatic rings. The number of benzene rings is 2. The van der Waals surface area contributed by atoms with Gasteiger partial charge in [-0.15, -0.1) is 0 Å². The molecule has 14 heteroatoms.